The van der Waals surface area contributed by atoms with Gasteiger partial charge in [0.2, 0.25) is 5.91 Å². The van der Waals surface area contributed by atoms with Gasteiger partial charge >= 0.3 is 0 Å². The Morgan fingerprint density at radius 2 is 2.05 bits per heavy atom. The van der Waals surface area contributed by atoms with Crippen LogP contribution >= 0.6 is 11.8 Å². The molecule has 1 aromatic carbocycles. The number of hydrogen-bond acceptors (Lipinski definition) is 4. The molecule has 0 aliphatic carbocycles. The fourth-order valence-corrected chi connectivity index (χ4v) is 3.91. The molecule has 4 nitrogen and oxygen atoms in total. The average molecular weight is 293 g/mol. The minimum atomic E-state index is -0.123. The first kappa shape index (κ1) is 15.2. The third-order valence-corrected chi connectivity index (χ3v) is 4.76. The van der Waals surface area contributed by atoms with Crippen molar-refractivity contribution in [3.05, 3.63) is 24.3 Å². The Hall–Kier alpha value is -1.20. The Morgan fingerprint density at radius 3 is 2.65 bits per heavy atom. The molecule has 1 heterocycles. The summed E-state index contributed by atoms with van der Waals surface area (Å²) in [6.07, 6.45) is 0. The van der Waals surface area contributed by atoms with Gasteiger partial charge in [-0.1, -0.05) is 19.9 Å². The van der Waals surface area contributed by atoms with Crippen molar-refractivity contribution in [2.45, 2.75) is 37.3 Å². The van der Waals surface area contributed by atoms with E-state index in [0.717, 1.165) is 18.8 Å². The molecule has 1 aliphatic heterocycles. The van der Waals surface area contributed by atoms with Crippen molar-refractivity contribution in [2.24, 2.45) is 0 Å². The quantitative estimate of drug-likeness (QED) is 0.840. The van der Waals surface area contributed by atoms with Crippen LogP contribution < -0.4 is 11.1 Å². The number of hydrogen-bond donors (Lipinski definition) is 2. The lowest BCUT2D eigenvalue weighted by molar-refractivity contribution is -0.120. The predicted molar refractivity (Wildman–Crippen MR) is 87.0 cm³/mol. The molecule has 2 rings (SSSR count). The number of anilines is 2. The van der Waals surface area contributed by atoms with Crippen molar-refractivity contribution in [2.75, 3.05) is 24.1 Å². The lowest BCUT2D eigenvalue weighted by atomic mass is 10.2. The maximum absolute atomic E-state index is 12.3. The summed E-state index contributed by atoms with van der Waals surface area (Å²) in [5.74, 6) is 0.0295. The van der Waals surface area contributed by atoms with E-state index in [1.54, 1.807) is 6.07 Å². The number of benzene rings is 1. The van der Waals surface area contributed by atoms with Crippen LogP contribution in [0.2, 0.25) is 0 Å². The molecule has 0 bridgehead atoms. The van der Waals surface area contributed by atoms with Gasteiger partial charge in [-0.05, 0) is 25.1 Å². The summed E-state index contributed by atoms with van der Waals surface area (Å²) in [7, 11) is 0. The van der Waals surface area contributed by atoms with Gasteiger partial charge in [0.25, 0.3) is 0 Å². The predicted octanol–water partition coefficient (Wildman–Crippen LogP) is 2.42. The third-order valence-electron chi connectivity index (χ3n) is 3.53. The Labute approximate surface area is 125 Å². The van der Waals surface area contributed by atoms with Crippen LogP contribution in [0.4, 0.5) is 11.4 Å². The zero-order chi connectivity index (χ0) is 14.7. The van der Waals surface area contributed by atoms with Gasteiger partial charge in [0.05, 0.1) is 6.04 Å². The van der Waals surface area contributed by atoms with Crippen molar-refractivity contribution in [1.82, 2.24) is 4.90 Å². The molecule has 110 valence electrons. The standard InChI is InChI=1S/C15H23N3OS/c1-10-8-18(9-11(2)20-10)12(3)15(19)17-14-6-4-5-13(16)7-14/h4-7,10-12H,8-9,16H2,1-3H3,(H,17,19). The molecule has 0 radical (unpaired) electrons. The van der Waals surface area contributed by atoms with Gasteiger partial charge in [0.15, 0.2) is 0 Å². The van der Waals surface area contributed by atoms with Gasteiger partial charge in [-0.25, -0.2) is 0 Å². The van der Waals surface area contributed by atoms with Gasteiger partial charge in [0.1, 0.15) is 0 Å². The molecule has 1 saturated heterocycles. The maximum atomic E-state index is 12.3. The van der Waals surface area contributed by atoms with E-state index < -0.39 is 0 Å². The Kier molecular flexibility index (Phi) is 4.94. The molecule has 1 aromatic rings. The second-order valence-corrected chi connectivity index (χ2v) is 7.38. The fraction of sp³-hybridized carbons (Fsp3) is 0.533. The molecule has 0 spiro atoms. The van der Waals surface area contributed by atoms with Crippen LogP contribution in [0.25, 0.3) is 0 Å². The smallest absolute Gasteiger partial charge is 0.241 e. The number of nitrogens with two attached hydrogens (primary N) is 1. The van der Waals surface area contributed by atoms with Crippen molar-refractivity contribution in [3.8, 4) is 0 Å². The lowest BCUT2D eigenvalue weighted by Crippen LogP contribution is -2.49. The number of nitrogens with one attached hydrogen (secondary N) is 1. The molecule has 5 heteroatoms. The first-order chi connectivity index (χ1) is 9.45. The highest BCUT2D eigenvalue weighted by Crippen LogP contribution is 2.26. The third kappa shape index (κ3) is 3.90. The SMILES string of the molecule is CC1CN(C(C)C(=O)Nc2cccc(N)c2)CC(C)S1. The average Bonchev–Trinajstić information content (AvgIpc) is 2.36. The number of carbonyl (C=O) groups is 1. The van der Waals surface area contributed by atoms with Crippen molar-refractivity contribution < 1.29 is 4.79 Å². The van der Waals surface area contributed by atoms with E-state index in [2.05, 4.69) is 24.1 Å². The Morgan fingerprint density at radius 1 is 1.40 bits per heavy atom. The second-order valence-electron chi connectivity index (χ2n) is 5.50. The van der Waals surface area contributed by atoms with Crippen LogP contribution in [0.3, 0.4) is 0 Å². The highest BCUT2D eigenvalue weighted by Gasteiger charge is 2.29. The number of carbonyl (C=O) groups excluding carboxylic acids is 1. The van der Waals surface area contributed by atoms with Gasteiger partial charge in [0, 0.05) is 35.0 Å². The second kappa shape index (κ2) is 6.50. The molecule has 0 saturated carbocycles. The van der Waals surface area contributed by atoms with Crippen LogP contribution in [0.1, 0.15) is 20.8 Å². The zero-order valence-electron chi connectivity index (χ0n) is 12.3. The van der Waals surface area contributed by atoms with E-state index in [1.165, 1.54) is 0 Å². The lowest BCUT2D eigenvalue weighted by Gasteiger charge is -2.37. The van der Waals surface area contributed by atoms with E-state index in [9.17, 15) is 4.79 Å². The summed E-state index contributed by atoms with van der Waals surface area (Å²) >= 11 is 1.99. The molecule has 3 N–H and O–H groups in total. The van der Waals surface area contributed by atoms with E-state index >= 15 is 0 Å². The van der Waals surface area contributed by atoms with E-state index in [0.29, 0.717) is 16.2 Å². The molecule has 0 aromatic heterocycles. The van der Waals surface area contributed by atoms with Gasteiger partial charge in [-0.15, -0.1) is 0 Å². The summed E-state index contributed by atoms with van der Waals surface area (Å²) in [6.45, 7) is 8.32. The molecule has 20 heavy (non-hydrogen) atoms. The van der Waals surface area contributed by atoms with E-state index in [-0.39, 0.29) is 11.9 Å². The number of amides is 1. The van der Waals surface area contributed by atoms with Crippen LogP contribution in [0.15, 0.2) is 24.3 Å². The maximum Gasteiger partial charge on any atom is 0.241 e. The largest absolute Gasteiger partial charge is 0.399 e. The number of nitrogens with zero attached hydrogens (tertiary/aromatic N) is 1. The fourth-order valence-electron chi connectivity index (χ4n) is 2.56. The number of rotatable bonds is 3. The molecular formula is C15H23N3OS. The normalized spacial score (nSPS) is 25.1. The van der Waals surface area contributed by atoms with Crippen LogP contribution in [-0.2, 0) is 4.79 Å². The first-order valence-corrected chi connectivity index (χ1v) is 7.96. The van der Waals surface area contributed by atoms with Crippen LogP contribution in [0, 0.1) is 0 Å². The molecular weight excluding hydrogens is 270 g/mol. The van der Waals surface area contributed by atoms with E-state index in [1.807, 2.05) is 36.9 Å². The minimum absolute atomic E-state index is 0.0295. The number of thioether (sulfide) groups is 1. The Balaban J connectivity index is 1.98. The summed E-state index contributed by atoms with van der Waals surface area (Å²) in [5, 5.41) is 4.08. The van der Waals surface area contributed by atoms with Crippen LogP contribution in [-0.4, -0.2) is 40.4 Å². The molecule has 1 amide bonds. The van der Waals surface area contributed by atoms with E-state index in [4.69, 9.17) is 5.73 Å². The van der Waals surface area contributed by atoms with Gasteiger partial charge < -0.3 is 11.1 Å². The molecule has 3 unspecified atom stereocenters. The minimum Gasteiger partial charge on any atom is -0.399 e. The summed E-state index contributed by atoms with van der Waals surface area (Å²) < 4.78 is 0. The number of nitrogen functional groups attached to an aromatic ring is 1. The van der Waals surface area contributed by atoms with Gasteiger partial charge in [-0.3, -0.25) is 9.69 Å². The molecule has 1 aliphatic rings. The van der Waals surface area contributed by atoms with Crippen molar-refractivity contribution in [1.29, 1.82) is 0 Å². The highest BCUT2D eigenvalue weighted by molar-refractivity contribution is 8.00. The first-order valence-electron chi connectivity index (χ1n) is 7.01. The van der Waals surface area contributed by atoms with Crippen molar-refractivity contribution >= 4 is 29.0 Å². The summed E-state index contributed by atoms with van der Waals surface area (Å²) in [5.41, 5.74) is 7.14. The Bertz CT molecular complexity index is 470. The van der Waals surface area contributed by atoms with Crippen molar-refractivity contribution in [3.63, 3.8) is 0 Å². The molecule has 1 fully saturated rings. The van der Waals surface area contributed by atoms with Crippen LogP contribution in [0.5, 0.6) is 0 Å². The van der Waals surface area contributed by atoms with Gasteiger partial charge in [-0.2, -0.15) is 11.8 Å². The molecule has 3 atom stereocenters. The highest BCUT2D eigenvalue weighted by atomic mass is 32.2. The summed E-state index contributed by atoms with van der Waals surface area (Å²) in [6, 6.07) is 7.17. The summed E-state index contributed by atoms with van der Waals surface area (Å²) in [4.78, 5) is 14.6. The monoisotopic (exact) mass is 293 g/mol. The zero-order valence-corrected chi connectivity index (χ0v) is 13.1. The topological polar surface area (TPSA) is 58.4 Å².